The molecule has 0 aliphatic heterocycles. The van der Waals surface area contributed by atoms with Crippen molar-refractivity contribution in [3.8, 4) is 11.5 Å². The molecule has 0 saturated carbocycles. The van der Waals surface area contributed by atoms with Crippen molar-refractivity contribution in [2.24, 2.45) is 0 Å². The van der Waals surface area contributed by atoms with E-state index in [0.29, 0.717) is 25.1 Å². The number of carbonyl (C=O) groups excluding carboxylic acids is 1. The lowest BCUT2D eigenvalue weighted by Crippen LogP contribution is -2.26. The SMILES string of the molecule is COc1ccc(OCCCn2c(CCNC(=O)c3cccc(C)c3)nc3ccccc32)cc1. The van der Waals surface area contributed by atoms with E-state index in [9.17, 15) is 4.79 Å². The molecule has 4 aromatic rings. The summed E-state index contributed by atoms with van der Waals surface area (Å²) in [5.74, 6) is 2.54. The molecule has 1 N–H and O–H groups in total. The molecular formula is C27H29N3O3. The number of carbonyl (C=O) groups is 1. The van der Waals surface area contributed by atoms with Gasteiger partial charge >= 0.3 is 0 Å². The van der Waals surface area contributed by atoms with Crippen molar-refractivity contribution in [1.29, 1.82) is 0 Å². The third-order valence-corrected chi connectivity index (χ3v) is 5.50. The number of rotatable bonds is 10. The molecule has 0 atom stereocenters. The monoisotopic (exact) mass is 443 g/mol. The molecule has 6 nitrogen and oxygen atoms in total. The number of imidazole rings is 1. The summed E-state index contributed by atoms with van der Waals surface area (Å²) in [4.78, 5) is 17.3. The highest BCUT2D eigenvalue weighted by Crippen LogP contribution is 2.19. The zero-order chi connectivity index (χ0) is 23.0. The van der Waals surface area contributed by atoms with Crippen LogP contribution >= 0.6 is 0 Å². The van der Waals surface area contributed by atoms with Crippen molar-refractivity contribution < 1.29 is 14.3 Å². The minimum Gasteiger partial charge on any atom is -0.497 e. The van der Waals surface area contributed by atoms with Gasteiger partial charge in [-0.2, -0.15) is 0 Å². The van der Waals surface area contributed by atoms with E-state index in [-0.39, 0.29) is 5.91 Å². The largest absolute Gasteiger partial charge is 0.497 e. The number of aryl methyl sites for hydroxylation is 2. The number of ether oxygens (including phenoxy) is 2. The van der Waals surface area contributed by atoms with Gasteiger partial charge in [0.15, 0.2) is 0 Å². The Labute approximate surface area is 194 Å². The number of aromatic nitrogens is 2. The minimum atomic E-state index is -0.0609. The van der Waals surface area contributed by atoms with Gasteiger partial charge in [0.2, 0.25) is 0 Å². The minimum absolute atomic E-state index is 0.0609. The maximum absolute atomic E-state index is 12.5. The van der Waals surface area contributed by atoms with Gasteiger partial charge in [-0.15, -0.1) is 0 Å². The molecule has 33 heavy (non-hydrogen) atoms. The number of benzene rings is 3. The summed E-state index contributed by atoms with van der Waals surface area (Å²) in [7, 11) is 1.65. The Morgan fingerprint density at radius 2 is 1.79 bits per heavy atom. The number of nitrogens with one attached hydrogen (secondary N) is 1. The van der Waals surface area contributed by atoms with Crippen LogP contribution < -0.4 is 14.8 Å². The van der Waals surface area contributed by atoms with Crippen molar-refractivity contribution in [3.63, 3.8) is 0 Å². The summed E-state index contributed by atoms with van der Waals surface area (Å²) in [6, 6.07) is 23.3. The number of para-hydroxylation sites is 2. The fourth-order valence-corrected chi connectivity index (χ4v) is 3.83. The van der Waals surface area contributed by atoms with E-state index in [2.05, 4.69) is 16.0 Å². The van der Waals surface area contributed by atoms with Gasteiger partial charge in [0.25, 0.3) is 5.91 Å². The maximum atomic E-state index is 12.5. The maximum Gasteiger partial charge on any atom is 0.251 e. The molecular weight excluding hydrogens is 414 g/mol. The molecule has 1 heterocycles. The fourth-order valence-electron chi connectivity index (χ4n) is 3.83. The molecule has 0 fully saturated rings. The summed E-state index contributed by atoms with van der Waals surface area (Å²) in [6.07, 6.45) is 1.50. The molecule has 6 heteroatoms. The van der Waals surface area contributed by atoms with Gasteiger partial charge < -0.3 is 19.4 Å². The molecule has 0 aliphatic rings. The fraction of sp³-hybridized carbons (Fsp3) is 0.259. The van der Waals surface area contributed by atoms with Crippen molar-refractivity contribution >= 4 is 16.9 Å². The first kappa shape index (κ1) is 22.4. The van der Waals surface area contributed by atoms with Gasteiger partial charge in [-0.1, -0.05) is 29.8 Å². The second kappa shape index (κ2) is 10.7. The van der Waals surface area contributed by atoms with Crippen LogP contribution in [0.25, 0.3) is 11.0 Å². The van der Waals surface area contributed by atoms with Crippen molar-refractivity contribution in [3.05, 3.63) is 89.7 Å². The second-order valence-electron chi connectivity index (χ2n) is 7.92. The van der Waals surface area contributed by atoms with Crippen LogP contribution in [0, 0.1) is 6.92 Å². The molecule has 0 aliphatic carbocycles. The number of hydrogen-bond donors (Lipinski definition) is 1. The van der Waals surface area contributed by atoms with E-state index in [0.717, 1.165) is 46.9 Å². The molecule has 0 unspecified atom stereocenters. The van der Waals surface area contributed by atoms with E-state index in [4.69, 9.17) is 14.5 Å². The van der Waals surface area contributed by atoms with Crippen LogP contribution in [0.1, 0.15) is 28.2 Å². The lowest BCUT2D eigenvalue weighted by Gasteiger charge is -2.11. The zero-order valence-electron chi connectivity index (χ0n) is 19.1. The average Bonchev–Trinajstić information content (AvgIpc) is 3.19. The van der Waals surface area contributed by atoms with Crippen LogP contribution in [0.15, 0.2) is 72.8 Å². The number of fused-ring (bicyclic) bond motifs is 1. The van der Waals surface area contributed by atoms with Crippen molar-refractivity contribution in [2.75, 3.05) is 20.3 Å². The molecule has 0 spiro atoms. The van der Waals surface area contributed by atoms with Gasteiger partial charge in [-0.3, -0.25) is 4.79 Å². The lowest BCUT2D eigenvalue weighted by molar-refractivity contribution is 0.0954. The van der Waals surface area contributed by atoms with E-state index in [1.54, 1.807) is 7.11 Å². The first-order chi connectivity index (χ1) is 16.1. The highest BCUT2D eigenvalue weighted by atomic mass is 16.5. The Bertz CT molecular complexity index is 1220. The normalized spacial score (nSPS) is 10.8. The van der Waals surface area contributed by atoms with E-state index in [1.165, 1.54) is 0 Å². The predicted molar refractivity (Wildman–Crippen MR) is 130 cm³/mol. The van der Waals surface area contributed by atoms with Crippen LogP contribution in [0.3, 0.4) is 0 Å². The van der Waals surface area contributed by atoms with Gasteiger partial charge in [0.1, 0.15) is 17.3 Å². The first-order valence-electron chi connectivity index (χ1n) is 11.2. The Hall–Kier alpha value is -3.80. The molecule has 0 saturated heterocycles. The molecule has 0 bridgehead atoms. The summed E-state index contributed by atoms with van der Waals surface area (Å²) >= 11 is 0. The summed E-state index contributed by atoms with van der Waals surface area (Å²) in [5, 5.41) is 3.02. The smallest absolute Gasteiger partial charge is 0.251 e. The third kappa shape index (κ3) is 5.71. The number of nitrogens with zero attached hydrogens (tertiary/aromatic N) is 2. The van der Waals surface area contributed by atoms with Gasteiger partial charge in [0, 0.05) is 25.1 Å². The Morgan fingerprint density at radius 1 is 1.00 bits per heavy atom. The van der Waals surface area contributed by atoms with E-state index < -0.39 is 0 Å². The quantitative estimate of drug-likeness (QED) is 0.358. The Balaban J connectivity index is 1.36. The van der Waals surface area contributed by atoms with Gasteiger partial charge in [0.05, 0.1) is 24.8 Å². The predicted octanol–water partition coefficient (Wildman–Crippen LogP) is 4.79. The van der Waals surface area contributed by atoms with Crippen LogP contribution in [0.5, 0.6) is 11.5 Å². The molecule has 0 radical (unpaired) electrons. The van der Waals surface area contributed by atoms with Crippen LogP contribution in [0.4, 0.5) is 0 Å². The topological polar surface area (TPSA) is 65.4 Å². The third-order valence-electron chi connectivity index (χ3n) is 5.50. The van der Waals surface area contributed by atoms with Gasteiger partial charge in [-0.25, -0.2) is 4.98 Å². The molecule has 1 aromatic heterocycles. The first-order valence-corrected chi connectivity index (χ1v) is 11.2. The highest BCUT2D eigenvalue weighted by molar-refractivity contribution is 5.94. The molecule has 1 amide bonds. The van der Waals surface area contributed by atoms with Crippen LogP contribution in [-0.2, 0) is 13.0 Å². The van der Waals surface area contributed by atoms with E-state index >= 15 is 0 Å². The molecule has 3 aromatic carbocycles. The number of methoxy groups -OCH3 is 1. The van der Waals surface area contributed by atoms with Crippen molar-refractivity contribution in [1.82, 2.24) is 14.9 Å². The summed E-state index contributed by atoms with van der Waals surface area (Å²) < 4.78 is 13.3. The molecule has 4 rings (SSSR count). The number of amides is 1. The van der Waals surface area contributed by atoms with E-state index in [1.807, 2.05) is 73.7 Å². The zero-order valence-corrected chi connectivity index (χ0v) is 19.1. The Kier molecular flexibility index (Phi) is 7.25. The van der Waals surface area contributed by atoms with Crippen LogP contribution in [0.2, 0.25) is 0 Å². The molecule has 170 valence electrons. The standard InChI is InChI=1S/C27H29N3O3/c1-20-7-5-8-21(19-20)27(31)28-16-15-26-29-24-9-3-4-10-25(24)30(26)17-6-18-33-23-13-11-22(32-2)12-14-23/h3-5,7-14,19H,6,15-18H2,1-2H3,(H,28,31). The van der Waals surface area contributed by atoms with Crippen LogP contribution in [-0.4, -0.2) is 35.7 Å². The average molecular weight is 444 g/mol. The summed E-state index contributed by atoms with van der Waals surface area (Å²) in [5.41, 5.74) is 3.82. The number of hydrogen-bond acceptors (Lipinski definition) is 4. The Morgan fingerprint density at radius 3 is 2.58 bits per heavy atom. The second-order valence-corrected chi connectivity index (χ2v) is 7.92. The van der Waals surface area contributed by atoms with Crippen molar-refractivity contribution in [2.45, 2.75) is 26.3 Å². The summed E-state index contributed by atoms with van der Waals surface area (Å²) in [6.45, 7) is 3.90. The lowest BCUT2D eigenvalue weighted by atomic mass is 10.1. The van der Waals surface area contributed by atoms with Gasteiger partial charge in [-0.05, 0) is 61.9 Å². The highest BCUT2D eigenvalue weighted by Gasteiger charge is 2.11.